The minimum absolute atomic E-state index is 0.103. The van der Waals surface area contributed by atoms with Crippen LogP contribution >= 0.6 is 0 Å². The third kappa shape index (κ3) is 1.90. The maximum Gasteiger partial charge on any atom is 0.0682 e. The molecule has 0 amide bonds. The van der Waals surface area contributed by atoms with Gasteiger partial charge in [-0.15, -0.1) is 0 Å². The van der Waals surface area contributed by atoms with E-state index in [-0.39, 0.29) is 12.0 Å². The van der Waals surface area contributed by atoms with Gasteiger partial charge in [-0.2, -0.15) is 0 Å². The summed E-state index contributed by atoms with van der Waals surface area (Å²) in [7, 11) is 0. The van der Waals surface area contributed by atoms with Crippen LogP contribution in [0.2, 0.25) is 0 Å². The number of rotatable bonds is 1. The fourth-order valence-electron chi connectivity index (χ4n) is 1.68. The van der Waals surface area contributed by atoms with E-state index >= 15 is 0 Å². The molecule has 2 N–H and O–H groups in total. The molecular formula is C13H17NO. The molecule has 0 aliphatic rings. The lowest BCUT2D eigenvalue weighted by Crippen LogP contribution is -2.10. The van der Waals surface area contributed by atoms with Crippen molar-refractivity contribution in [1.82, 2.24) is 4.98 Å². The van der Waals surface area contributed by atoms with Gasteiger partial charge in [-0.3, -0.25) is 0 Å². The molecule has 1 heterocycles. The molecule has 2 nitrogen and oxygen atoms in total. The summed E-state index contributed by atoms with van der Waals surface area (Å²) in [4.78, 5) is 3.41. The molecule has 0 aliphatic heterocycles. The van der Waals surface area contributed by atoms with E-state index in [1.54, 1.807) is 0 Å². The summed E-state index contributed by atoms with van der Waals surface area (Å²) in [5, 5.41) is 10.2. The molecule has 0 atom stereocenters. The molecule has 80 valence electrons. The number of fused-ring (bicyclic) bond motifs is 1. The fourth-order valence-corrected chi connectivity index (χ4v) is 1.68. The van der Waals surface area contributed by atoms with E-state index in [0.29, 0.717) is 0 Å². The molecule has 15 heavy (non-hydrogen) atoms. The first kappa shape index (κ1) is 10.2. The molecule has 1 aromatic heterocycles. The van der Waals surface area contributed by atoms with Crippen molar-refractivity contribution in [2.45, 2.75) is 32.8 Å². The van der Waals surface area contributed by atoms with Crippen molar-refractivity contribution in [1.29, 1.82) is 0 Å². The first-order valence-corrected chi connectivity index (χ1v) is 5.24. The number of hydrogen-bond acceptors (Lipinski definition) is 1. The quantitative estimate of drug-likeness (QED) is 0.734. The first-order chi connectivity index (χ1) is 7.00. The number of aliphatic hydroxyl groups is 1. The van der Waals surface area contributed by atoms with Crippen LogP contribution < -0.4 is 0 Å². The van der Waals surface area contributed by atoms with E-state index in [1.807, 2.05) is 18.2 Å². The Balaban J connectivity index is 2.56. The Morgan fingerprint density at radius 1 is 1.20 bits per heavy atom. The van der Waals surface area contributed by atoms with Crippen molar-refractivity contribution < 1.29 is 5.11 Å². The summed E-state index contributed by atoms with van der Waals surface area (Å²) in [5.74, 6) is 0. The van der Waals surface area contributed by atoms with Gasteiger partial charge in [0.25, 0.3) is 0 Å². The zero-order valence-electron chi connectivity index (χ0n) is 9.46. The molecule has 2 heteroatoms. The highest BCUT2D eigenvalue weighted by atomic mass is 16.3. The number of nitrogens with one attached hydrogen (secondary N) is 1. The molecule has 2 aromatic rings. The number of H-pyrrole nitrogens is 1. The van der Waals surface area contributed by atoms with E-state index in [0.717, 1.165) is 11.1 Å². The first-order valence-electron chi connectivity index (χ1n) is 5.24. The summed E-state index contributed by atoms with van der Waals surface area (Å²) in [6.07, 6.45) is 0. The summed E-state index contributed by atoms with van der Waals surface area (Å²) < 4.78 is 0. The van der Waals surface area contributed by atoms with Crippen molar-refractivity contribution in [3.05, 3.63) is 35.5 Å². The van der Waals surface area contributed by atoms with Gasteiger partial charge >= 0.3 is 0 Å². The number of aromatic nitrogens is 1. The molecule has 2 rings (SSSR count). The SMILES string of the molecule is CC(C)(C)c1cc2cc(CO)ccc2[nH]1. The Labute approximate surface area is 89.9 Å². The number of aliphatic hydroxyl groups excluding tert-OH is 1. The van der Waals surface area contributed by atoms with Crippen LogP contribution in [0.25, 0.3) is 10.9 Å². The Morgan fingerprint density at radius 2 is 1.93 bits per heavy atom. The maximum absolute atomic E-state index is 9.05. The minimum atomic E-state index is 0.103. The van der Waals surface area contributed by atoms with Crippen molar-refractivity contribution in [3.63, 3.8) is 0 Å². The van der Waals surface area contributed by atoms with Crippen molar-refractivity contribution in [3.8, 4) is 0 Å². The van der Waals surface area contributed by atoms with E-state index in [4.69, 9.17) is 5.11 Å². The summed E-state index contributed by atoms with van der Waals surface area (Å²) in [5.41, 5.74) is 3.46. The standard InChI is InChI=1S/C13H17NO/c1-13(2,3)12-7-10-6-9(8-15)4-5-11(10)14-12/h4-7,14-15H,8H2,1-3H3. The maximum atomic E-state index is 9.05. The minimum Gasteiger partial charge on any atom is -0.392 e. The van der Waals surface area contributed by atoms with Gasteiger partial charge in [0.05, 0.1) is 6.61 Å². The topological polar surface area (TPSA) is 36.0 Å². The van der Waals surface area contributed by atoms with Crippen LogP contribution in [-0.4, -0.2) is 10.1 Å². The Morgan fingerprint density at radius 3 is 2.53 bits per heavy atom. The van der Waals surface area contributed by atoms with E-state index in [1.165, 1.54) is 11.1 Å². The average molecular weight is 203 g/mol. The monoisotopic (exact) mass is 203 g/mol. The van der Waals surface area contributed by atoms with Crippen LogP contribution in [0, 0.1) is 0 Å². The van der Waals surface area contributed by atoms with Gasteiger partial charge in [-0.25, -0.2) is 0 Å². The molecule has 0 radical (unpaired) electrons. The van der Waals surface area contributed by atoms with Gasteiger partial charge in [0.2, 0.25) is 0 Å². The second-order valence-electron chi connectivity index (χ2n) is 5.01. The summed E-state index contributed by atoms with van der Waals surface area (Å²) in [6.45, 7) is 6.66. The Kier molecular flexibility index (Phi) is 2.31. The molecule has 0 unspecified atom stereocenters. The molecule has 0 spiro atoms. The van der Waals surface area contributed by atoms with Gasteiger partial charge in [-0.05, 0) is 23.8 Å². The zero-order valence-corrected chi connectivity index (χ0v) is 9.46. The third-order valence-electron chi connectivity index (χ3n) is 2.68. The normalized spacial score (nSPS) is 12.3. The highest BCUT2D eigenvalue weighted by Gasteiger charge is 2.15. The van der Waals surface area contributed by atoms with Gasteiger partial charge < -0.3 is 10.1 Å². The van der Waals surface area contributed by atoms with Gasteiger partial charge in [-0.1, -0.05) is 26.8 Å². The van der Waals surface area contributed by atoms with Crippen LogP contribution in [0.1, 0.15) is 32.0 Å². The second kappa shape index (κ2) is 3.38. The molecule has 0 saturated carbocycles. The predicted octanol–water partition coefficient (Wildman–Crippen LogP) is 2.96. The fraction of sp³-hybridized carbons (Fsp3) is 0.385. The molecule has 0 bridgehead atoms. The number of aromatic amines is 1. The van der Waals surface area contributed by atoms with Crippen LogP contribution in [0.4, 0.5) is 0 Å². The second-order valence-corrected chi connectivity index (χ2v) is 5.01. The lowest BCUT2D eigenvalue weighted by molar-refractivity contribution is 0.282. The van der Waals surface area contributed by atoms with Gasteiger partial charge in [0.15, 0.2) is 0 Å². The molecular weight excluding hydrogens is 186 g/mol. The summed E-state index contributed by atoms with van der Waals surface area (Å²) in [6, 6.07) is 8.16. The molecule has 0 aliphatic carbocycles. The van der Waals surface area contributed by atoms with E-state index < -0.39 is 0 Å². The molecule has 0 fully saturated rings. The third-order valence-corrected chi connectivity index (χ3v) is 2.68. The average Bonchev–Trinajstić information content (AvgIpc) is 2.59. The van der Waals surface area contributed by atoms with Crippen LogP contribution in [0.5, 0.6) is 0 Å². The highest BCUT2D eigenvalue weighted by molar-refractivity contribution is 5.81. The van der Waals surface area contributed by atoms with E-state index in [9.17, 15) is 0 Å². The van der Waals surface area contributed by atoms with Crippen molar-refractivity contribution in [2.75, 3.05) is 0 Å². The molecule has 1 aromatic carbocycles. The van der Waals surface area contributed by atoms with E-state index in [2.05, 4.69) is 31.8 Å². The lowest BCUT2D eigenvalue weighted by atomic mass is 9.92. The van der Waals surface area contributed by atoms with Crippen molar-refractivity contribution in [2.24, 2.45) is 0 Å². The number of hydrogen-bond donors (Lipinski definition) is 2. The van der Waals surface area contributed by atoms with Gasteiger partial charge in [0, 0.05) is 22.0 Å². The largest absolute Gasteiger partial charge is 0.392 e. The molecule has 0 saturated heterocycles. The smallest absolute Gasteiger partial charge is 0.0682 e. The van der Waals surface area contributed by atoms with Gasteiger partial charge in [0.1, 0.15) is 0 Å². The Hall–Kier alpha value is -1.28. The number of benzene rings is 1. The van der Waals surface area contributed by atoms with Crippen LogP contribution in [-0.2, 0) is 12.0 Å². The summed E-state index contributed by atoms with van der Waals surface area (Å²) >= 11 is 0. The predicted molar refractivity (Wildman–Crippen MR) is 62.9 cm³/mol. The highest BCUT2D eigenvalue weighted by Crippen LogP contribution is 2.26. The van der Waals surface area contributed by atoms with Crippen LogP contribution in [0.3, 0.4) is 0 Å². The van der Waals surface area contributed by atoms with Crippen LogP contribution in [0.15, 0.2) is 24.3 Å². The lowest BCUT2D eigenvalue weighted by Gasteiger charge is -2.15. The Bertz CT molecular complexity index is 477. The van der Waals surface area contributed by atoms with Crippen molar-refractivity contribution >= 4 is 10.9 Å². The zero-order chi connectivity index (χ0) is 11.1.